The lowest BCUT2D eigenvalue weighted by atomic mass is 10.1. The lowest BCUT2D eigenvalue weighted by Crippen LogP contribution is -2.09. The predicted octanol–water partition coefficient (Wildman–Crippen LogP) is 4.82. The normalized spacial score (nSPS) is 11.0. The first-order valence-electron chi connectivity index (χ1n) is 10.1. The summed E-state index contributed by atoms with van der Waals surface area (Å²) in [4.78, 5) is 12.5. The number of carbonyl (C=O) groups is 1. The van der Waals surface area contributed by atoms with Crippen LogP contribution in [0.5, 0.6) is 23.0 Å². The summed E-state index contributed by atoms with van der Waals surface area (Å²) in [7, 11) is 4.64. The van der Waals surface area contributed by atoms with Crippen LogP contribution in [0.4, 0.5) is 11.4 Å². The smallest absolute Gasteiger partial charge is 0.248 e. The van der Waals surface area contributed by atoms with Gasteiger partial charge >= 0.3 is 0 Å². The first-order valence-corrected chi connectivity index (χ1v) is 10.1. The van der Waals surface area contributed by atoms with E-state index in [2.05, 4.69) is 5.32 Å². The monoisotopic (exact) mass is 446 g/mol. The second-order valence-corrected chi connectivity index (χ2v) is 7.02. The maximum absolute atomic E-state index is 12.5. The first kappa shape index (κ1) is 23.3. The van der Waals surface area contributed by atoms with Crippen LogP contribution in [-0.2, 0) is 4.79 Å². The molecule has 0 radical (unpaired) electrons. The Morgan fingerprint density at radius 3 is 2.15 bits per heavy atom. The highest BCUT2D eigenvalue weighted by atomic mass is 16.5. The first-order chi connectivity index (χ1) is 15.9. The zero-order valence-corrected chi connectivity index (χ0v) is 18.7. The van der Waals surface area contributed by atoms with Crippen molar-refractivity contribution < 1.29 is 24.1 Å². The number of phenolic OH excluding ortho intramolecular Hbond substituents is 1. The van der Waals surface area contributed by atoms with Crippen molar-refractivity contribution in [1.82, 2.24) is 0 Å². The number of nitrogens with one attached hydrogen (secondary N) is 1. The molecular weight excluding hydrogens is 420 g/mol. The number of rotatable bonds is 8. The highest BCUT2D eigenvalue weighted by Gasteiger charge is 2.13. The maximum Gasteiger partial charge on any atom is 0.248 e. The van der Waals surface area contributed by atoms with Crippen molar-refractivity contribution in [1.29, 1.82) is 0 Å². The van der Waals surface area contributed by atoms with E-state index in [0.717, 1.165) is 11.1 Å². The molecular formula is C26H26N2O5. The number of anilines is 2. The topological polar surface area (TPSA) is 103 Å². The maximum atomic E-state index is 12.5. The molecule has 0 aliphatic heterocycles. The average molecular weight is 447 g/mol. The van der Waals surface area contributed by atoms with Gasteiger partial charge in [-0.3, -0.25) is 4.79 Å². The van der Waals surface area contributed by atoms with Gasteiger partial charge in [0, 0.05) is 17.3 Å². The number of amides is 1. The number of carbonyl (C=O) groups excluding carboxylic acids is 1. The van der Waals surface area contributed by atoms with Crippen LogP contribution in [0.3, 0.4) is 0 Å². The number of ether oxygens (including phenoxy) is 3. The third kappa shape index (κ3) is 5.86. The van der Waals surface area contributed by atoms with Gasteiger partial charge in [-0.1, -0.05) is 36.4 Å². The Balaban J connectivity index is 1.84. The molecule has 0 atom stereocenters. The minimum atomic E-state index is -0.379. The number of nitrogen functional groups attached to an aromatic ring is 1. The molecule has 3 rings (SSSR count). The largest absolute Gasteiger partial charge is 0.506 e. The van der Waals surface area contributed by atoms with Crippen LogP contribution in [0.2, 0.25) is 0 Å². The predicted molar refractivity (Wildman–Crippen MR) is 132 cm³/mol. The minimum absolute atomic E-state index is 0.0451. The highest BCUT2D eigenvalue weighted by molar-refractivity contribution is 6.04. The van der Waals surface area contributed by atoms with E-state index >= 15 is 0 Å². The molecule has 7 heteroatoms. The molecule has 1 amide bonds. The fourth-order valence-electron chi connectivity index (χ4n) is 3.16. The van der Waals surface area contributed by atoms with Crippen molar-refractivity contribution in [3.63, 3.8) is 0 Å². The summed E-state index contributed by atoms with van der Waals surface area (Å²) >= 11 is 0. The van der Waals surface area contributed by atoms with Gasteiger partial charge in [0.1, 0.15) is 5.75 Å². The summed E-state index contributed by atoms with van der Waals surface area (Å²) in [6, 6.07) is 15.7. The number of para-hydroxylation sites is 1. The van der Waals surface area contributed by atoms with Crippen LogP contribution in [0.1, 0.15) is 16.7 Å². The fraction of sp³-hybridized carbons (Fsp3) is 0.115. The second-order valence-electron chi connectivity index (χ2n) is 7.02. The molecule has 0 bridgehead atoms. The van der Waals surface area contributed by atoms with Gasteiger partial charge in [0.15, 0.2) is 11.5 Å². The minimum Gasteiger partial charge on any atom is -0.506 e. The molecule has 0 saturated heterocycles. The average Bonchev–Trinajstić information content (AvgIpc) is 2.83. The Morgan fingerprint density at radius 1 is 0.879 bits per heavy atom. The van der Waals surface area contributed by atoms with Crippen LogP contribution < -0.4 is 25.3 Å². The van der Waals surface area contributed by atoms with Crippen LogP contribution in [0, 0.1) is 0 Å². The van der Waals surface area contributed by atoms with Gasteiger partial charge < -0.3 is 30.4 Å². The Labute approximate surface area is 192 Å². The standard InChI is InChI=1S/C26H26N2O5/c1-31-22-15-18(16-23(32-2)26(22)33-3)7-11-19-5-4-6-21(29)25(19)28-24(30)14-10-17-8-12-20(27)13-9-17/h4-16,29H,27H2,1-3H3,(H,28,30)/b11-7?,14-10+. The summed E-state index contributed by atoms with van der Waals surface area (Å²) in [6.45, 7) is 0. The van der Waals surface area contributed by atoms with Crippen LogP contribution in [0.25, 0.3) is 18.2 Å². The lowest BCUT2D eigenvalue weighted by Gasteiger charge is -2.13. The summed E-state index contributed by atoms with van der Waals surface area (Å²) in [5.41, 5.74) is 8.87. The van der Waals surface area contributed by atoms with Crippen LogP contribution in [0.15, 0.2) is 60.7 Å². The van der Waals surface area contributed by atoms with Crippen molar-refractivity contribution in [3.8, 4) is 23.0 Å². The van der Waals surface area contributed by atoms with E-state index in [1.807, 2.05) is 18.2 Å². The molecule has 0 unspecified atom stereocenters. The van der Waals surface area contributed by atoms with Crippen molar-refractivity contribution in [2.45, 2.75) is 0 Å². The van der Waals surface area contributed by atoms with E-state index in [0.29, 0.717) is 34.2 Å². The summed E-state index contributed by atoms with van der Waals surface area (Å²) in [5.74, 6) is 1.12. The van der Waals surface area contributed by atoms with Crippen molar-refractivity contribution >= 4 is 35.5 Å². The van der Waals surface area contributed by atoms with Crippen LogP contribution in [-0.4, -0.2) is 32.3 Å². The number of nitrogens with two attached hydrogens (primary N) is 1. The van der Waals surface area contributed by atoms with Crippen molar-refractivity contribution in [2.24, 2.45) is 0 Å². The molecule has 0 aliphatic rings. The molecule has 4 N–H and O–H groups in total. The number of hydrogen-bond donors (Lipinski definition) is 3. The molecule has 7 nitrogen and oxygen atoms in total. The van der Waals surface area contributed by atoms with Gasteiger partial charge in [-0.15, -0.1) is 0 Å². The van der Waals surface area contributed by atoms with E-state index in [9.17, 15) is 9.90 Å². The van der Waals surface area contributed by atoms with Gasteiger partial charge in [0.25, 0.3) is 0 Å². The third-order valence-corrected chi connectivity index (χ3v) is 4.83. The van der Waals surface area contributed by atoms with E-state index in [1.165, 1.54) is 12.1 Å². The molecule has 0 aromatic heterocycles. The molecule has 3 aromatic carbocycles. The Morgan fingerprint density at radius 2 is 1.55 bits per heavy atom. The molecule has 0 heterocycles. The van der Waals surface area contributed by atoms with Gasteiger partial charge in [-0.05, 0) is 47.5 Å². The van der Waals surface area contributed by atoms with Gasteiger partial charge in [0.2, 0.25) is 11.7 Å². The Kier molecular flexibility index (Phi) is 7.60. The molecule has 170 valence electrons. The fourth-order valence-corrected chi connectivity index (χ4v) is 3.16. The molecule has 33 heavy (non-hydrogen) atoms. The zero-order valence-electron chi connectivity index (χ0n) is 18.7. The lowest BCUT2D eigenvalue weighted by molar-refractivity contribution is -0.111. The molecule has 0 spiro atoms. The summed E-state index contributed by atoms with van der Waals surface area (Å²) in [5, 5.41) is 13.1. The SMILES string of the molecule is COc1cc(C=Cc2cccc(O)c2NC(=O)/C=C/c2ccc(N)cc2)cc(OC)c1OC. The van der Waals surface area contributed by atoms with Crippen LogP contribution >= 0.6 is 0 Å². The van der Waals surface area contributed by atoms with Gasteiger partial charge in [0.05, 0.1) is 27.0 Å². The van der Waals surface area contributed by atoms with Crippen molar-refractivity contribution in [2.75, 3.05) is 32.4 Å². The number of methoxy groups -OCH3 is 3. The van der Waals surface area contributed by atoms with Crippen molar-refractivity contribution in [3.05, 3.63) is 77.4 Å². The number of hydrogen-bond acceptors (Lipinski definition) is 6. The summed E-state index contributed by atoms with van der Waals surface area (Å²) < 4.78 is 16.1. The van der Waals surface area contributed by atoms with E-state index in [4.69, 9.17) is 19.9 Å². The number of phenols is 1. The zero-order chi connectivity index (χ0) is 23.8. The Bertz CT molecular complexity index is 1160. The number of aromatic hydroxyl groups is 1. The van der Waals surface area contributed by atoms with Gasteiger partial charge in [-0.25, -0.2) is 0 Å². The molecule has 0 saturated carbocycles. The quantitative estimate of drug-likeness (QED) is 0.198. The van der Waals surface area contributed by atoms with E-state index < -0.39 is 0 Å². The summed E-state index contributed by atoms with van der Waals surface area (Å²) in [6.07, 6.45) is 6.66. The number of benzene rings is 3. The Hall–Kier alpha value is -4.39. The highest BCUT2D eigenvalue weighted by Crippen LogP contribution is 2.39. The molecule has 0 fully saturated rings. The molecule has 3 aromatic rings. The van der Waals surface area contributed by atoms with Gasteiger partial charge in [-0.2, -0.15) is 0 Å². The van der Waals surface area contributed by atoms with E-state index in [-0.39, 0.29) is 11.7 Å². The molecule has 0 aliphatic carbocycles. The second kappa shape index (κ2) is 10.8. The van der Waals surface area contributed by atoms with E-state index in [1.54, 1.807) is 69.9 Å². The third-order valence-electron chi connectivity index (χ3n) is 4.83.